The zero-order valence-electron chi connectivity index (χ0n) is 46.0. The molecule has 13 heteroatoms. The molecule has 1 heterocycles. The number of esters is 1. The van der Waals surface area contributed by atoms with E-state index in [1.165, 1.54) is 0 Å². The molecular weight excluding hydrogens is 981 g/mol. The highest BCUT2D eigenvalue weighted by molar-refractivity contribution is 7.80. The third kappa shape index (κ3) is 43.5. The molecule has 0 radical (unpaired) electrons. The Labute approximate surface area is 459 Å². The minimum absolute atomic E-state index is 0.0191. The first-order chi connectivity index (χ1) is 37.1. The molecule has 1 aliphatic heterocycles. The van der Waals surface area contributed by atoms with Crippen LogP contribution < -0.4 is 0 Å². The highest BCUT2D eigenvalue weighted by Crippen LogP contribution is 2.26. The van der Waals surface area contributed by atoms with Crippen molar-refractivity contribution >= 4 is 16.4 Å². The molecule has 6 unspecified atom stereocenters. The molecule has 4 N–H and O–H groups in total. The lowest BCUT2D eigenvalue weighted by Crippen LogP contribution is -2.60. The number of hydrogen-bond acceptors (Lipinski definition) is 11. The summed E-state index contributed by atoms with van der Waals surface area (Å²) in [5.74, 6) is -0.474. The minimum Gasteiger partial charge on any atom is -0.457 e. The molecule has 1 saturated heterocycles. The monoisotopic (exact) mass is 1080 g/mol. The second-order valence-corrected chi connectivity index (χ2v) is 19.1. The van der Waals surface area contributed by atoms with E-state index < -0.39 is 59.8 Å². The van der Waals surface area contributed by atoms with Crippen LogP contribution in [0, 0.1) is 0 Å². The zero-order valence-corrected chi connectivity index (χ0v) is 46.8. The van der Waals surface area contributed by atoms with Crippen LogP contribution in [-0.4, -0.2) is 97.5 Å². The summed E-state index contributed by atoms with van der Waals surface area (Å²) in [5, 5.41) is 30.8. The second kappa shape index (κ2) is 51.2. The molecule has 1 rings (SSSR count). The van der Waals surface area contributed by atoms with E-state index in [1.807, 2.05) is 6.08 Å². The Bertz CT molecular complexity index is 1970. The van der Waals surface area contributed by atoms with Crippen molar-refractivity contribution in [3.63, 3.8) is 0 Å². The van der Waals surface area contributed by atoms with Crippen molar-refractivity contribution in [2.75, 3.05) is 26.4 Å². The average Bonchev–Trinajstić information content (AvgIpc) is 3.40. The van der Waals surface area contributed by atoms with Crippen molar-refractivity contribution in [1.82, 2.24) is 0 Å². The molecular formula is C63H96O12S. The summed E-state index contributed by atoms with van der Waals surface area (Å²) in [5.41, 5.74) is 0. The standard InChI is InChI=1S/C63H96O12S/c1-3-5-7-9-11-13-15-17-19-21-23-25-27-28-29-31-33-35-37-39-41-43-45-47-49-51-53-71-55-57(56-72-63-61(67)62(75-76(68,69)70)60(66)58(54-64)74-63)73-59(65)52-50-48-46-44-42-40-38-36-34-32-30-26-24-22-20-18-16-14-12-10-8-6-4-2/h5-8,11-14,17-20,23-26,28-29,32-35,38-41,44,46,57-58,60-64,66-67H,3-4,9-10,15-16,21-22,27,30-31,36-37,42-43,45,47-56H2,1-2H3,(H,68,69,70)/b7-5-,8-6-,13-11-,14-12-,19-17-,20-18-,25-23-,26-24-,29-28-,34-32-,35-33-,40-38-,41-39-,46-44-. The van der Waals surface area contributed by atoms with Crippen LogP contribution in [0.5, 0.6) is 0 Å². The summed E-state index contributed by atoms with van der Waals surface area (Å²) in [4.78, 5) is 12.9. The predicted octanol–water partition coefficient (Wildman–Crippen LogP) is 14.0. The molecule has 0 aromatic heterocycles. The van der Waals surface area contributed by atoms with E-state index in [9.17, 15) is 33.1 Å². The van der Waals surface area contributed by atoms with Gasteiger partial charge in [0.1, 0.15) is 30.5 Å². The highest BCUT2D eigenvalue weighted by atomic mass is 32.3. The van der Waals surface area contributed by atoms with Gasteiger partial charge in [-0.15, -0.1) is 0 Å². The van der Waals surface area contributed by atoms with Gasteiger partial charge in [0.25, 0.3) is 0 Å². The molecule has 76 heavy (non-hydrogen) atoms. The summed E-state index contributed by atoms with van der Waals surface area (Å²) in [6.07, 6.45) is 71.0. The van der Waals surface area contributed by atoms with Crippen LogP contribution in [0.3, 0.4) is 0 Å². The second-order valence-electron chi connectivity index (χ2n) is 18.1. The molecule has 1 fully saturated rings. The van der Waals surface area contributed by atoms with E-state index in [2.05, 4.69) is 182 Å². The summed E-state index contributed by atoms with van der Waals surface area (Å²) < 4.78 is 59.3. The SMILES string of the molecule is CC/C=C\C/C=C\C/C=C\C/C=C\C/C=C\C/C=C\C/C=C\CCCCCCOCC(COC1OC(CO)C(O)C(OS(=O)(=O)O)C1O)OC(=O)CCC/C=C\C/C=C\C/C=C\C/C=C\C/C=C\C/C=C\C/C=C\CC. The average molecular weight is 1080 g/mol. The Hall–Kier alpha value is -4.54. The van der Waals surface area contributed by atoms with E-state index in [-0.39, 0.29) is 19.6 Å². The number of aliphatic hydroxyl groups is 3. The van der Waals surface area contributed by atoms with Crippen molar-refractivity contribution in [2.24, 2.45) is 0 Å². The van der Waals surface area contributed by atoms with Gasteiger partial charge in [-0.3, -0.25) is 9.35 Å². The Balaban J connectivity index is 2.42. The van der Waals surface area contributed by atoms with Crippen molar-refractivity contribution in [1.29, 1.82) is 0 Å². The smallest absolute Gasteiger partial charge is 0.397 e. The maximum absolute atomic E-state index is 12.9. The molecule has 0 aromatic carbocycles. The first-order valence-corrected chi connectivity index (χ1v) is 29.3. The number of ether oxygens (including phenoxy) is 4. The number of rotatable bonds is 46. The van der Waals surface area contributed by atoms with Gasteiger partial charge in [0, 0.05) is 13.0 Å². The summed E-state index contributed by atoms with van der Waals surface area (Å²) >= 11 is 0. The van der Waals surface area contributed by atoms with Crippen molar-refractivity contribution in [3.05, 3.63) is 170 Å². The molecule has 0 aromatic rings. The lowest BCUT2D eigenvalue weighted by atomic mass is 9.99. The Morgan fingerprint density at radius 2 is 0.868 bits per heavy atom. The zero-order chi connectivity index (χ0) is 55.3. The maximum Gasteiger partial charge on any atom is 0.397 e. The van der Waals surface area contributed by atoms with Gasteiger partial charge < -0.3 is 34.3 Å². The van der Waals surface area contributed by atoms with Crippen LogP contribution in [0.25, 0.3) is 0 Å². The van der Waals surface area contributed by atoms with Crippen LogP contribution in [0.1, 0.15) is 155 Å². The largest absolute Gasteiger partial charge is 0.457 e. The summed E-state index contributed by atoms with van der Waals surface area (Å²) in [6, 6.07) is 0. The number of aliphatic hydroxyl groups excluding tert-OH is 3. The molecule has 0 bridgehead atoms. The molecule has 6 atom stereocenters. The van der Waals surface area contributed by atoms with Gasteiger partial charge in [-0.2, -0.15) is 8.42 Å². The van der Waals surface area contributed by atoms with E-state index in [0.717, 1.165) is 122 Å². The van der Waals surface area contributed by atoms with Gasteiger partial charge >= 0.3 is 16.4 Å². The number of carbonyl (C=O) groups excluding carboxylic acids is 1. The van der Waals surface area contributed by atoms with Crippen LogP contribution in [0.4, 0.5) is 0 Å². The Morgan fingerprint density at radius 3 is 1.25 bits per heavy atom. The van der Waals surface area contributed by atoms with Gasteiger partial charge in [-0.05, 0) is 122 Å². The van der Waals surface area contributed by atoms with Gasteiger partial charge in [-0.1, -0.05) is 197 Å². The normalized spacial score (nSPS) is 19.9. The van der Waals surface area contributed by atoms with Gasteiger partial charge in [0.15, 0.2) is 6.29 Å². The van der Waals surface area contributed by atoms with Crippen LogP contribution >= 0.6 is 0 Å². The molecule has 12 nitrogen and oxygen atoms in total. The molecule has 0 aliphatic carbocycles. The number of allylic oxidation sites excluding steroid dienone is 28. The fourth-order valence-corrected chi connectivity index (χ4v) is 7.74. The minimum atomic E-state index is -5.09. The lowest BCUT2D eigenvalue weighted by molar-refractivity contribution is -0.301. The van der Waals surface area contributed by atoms with Gasteiger partial charge in [0.05, 0.1) is 19.8 Å². The van der Waals surface area contributed by atoms with Crippen LogP contribution in [0.2, 0.25) is 0 Å². The fraction of sp³-hybridized carbons (Fsp3) is 0.540. The summed E-state index contributed by atoms with van der Waals surface area (Å²) in [7, 11) is -5.09. The van der Waals surface area contributed by atoms with E-state index in [1.54, 1.807) is 0 Å². The van der Waals surface area contributed by atoms with Crippen molar-refractivity contribution < 1.29 is 56.2 Å². The highest BCUT2D eigenvalue weighted by Gasteiger charge is 2.48. The number of carbonyl (C=O) groups is 1. The topological polar surface area (TPSA) is 178 Å². The predicted molar refractivity (Wildman–Crippen MR) is 312 cm³/mol. The van der Waals surface area contributed by atoms with Gasteiger partial charge in [0.2, 0.25) is 0 Å². The number of hydrogen-bond donors (Lipinski definition) is 4. The third-order valence-electron chi connectivity index (χ3n) is 11.3. The molecule has 0 spiro atoms. The molecule has 0 amide bonds. The maximum atomic E-state index is 12.9. The van der Waals surface area contributed by atoms with E-state index >= 15 is 0 Å². The van der Waals surface area contributed by atoms with Crippen LogP contribution in [0.15, 0.2) is 170 Å². The van der Waals surface area contributed by atoms with E-state index in [0.29, 0.717) is 19.4 Å². The van der Waals surface area contributed by atoms with E-state index in [4.69, 9.17) is 18.9 Å². The molecule has 1 aliphatic rings. The fourth-order valence-electron chi connectivity index (χ4n) is 7.23. The first kappa shape index (κ1) is 69.5. The number of unbranched alkanes of at least 4 members (excludes halogenated alkanes) is 5. The van der Waals surface area contributed by atoms with Crippen molar-refractivity contribution in [3.8, 4) is 0 Å². The lowest BCUT2D eigenvalue weighted by Gasteiger charge is -2.41. The van der Waals surface area contributed by atoms with Crippen LogP contribution in [-0.2, 0) is 38.3 Å². The molecule has 0 saturated carbocycles. The van der Waals surface area contributed by atoms with Gasteiger partial charge in [-0.25, -0.2) is 4.18 Å². The first-order valence-electron chi connectivity index (χ1n) is 27.9. The quantitative estimate of drug-likeness (QED) is 0.0197. The van der Waals surface area contributed by atoms with Crippen molar-refractivity contribution in [2.45, 2.75) is 192 Å². The Morgan fingerprint density at radius 1 is 0.500 bits per heavy atom. The summed E-state index contributed by atoms with van der Waals surface area (Å²) in [6.45, 7) is 3.60. The third-order valence-corrected chi connectivity index (χ3v) is 11.8. The Kier molecular flexibility index (Phi) is 46.8. The molecule has 426 valence electrons.